The minimum atomic E-state index is 0.738. The molecule has 1 aromatic carbocycles. The third-order valence-electron chi connectivity index (χ3n) is 2.79. The molecule has 0 N–H and O–H groups in total. The molecule has 3 rings (SSSR count). The second kappa shape index (κ2) is 4.79. The number of thiazole rings is 1. The van der Waals surface area contributed by atoms with E-state index in [1.165, 1.54) is 0 Å². The summed E-state index contributed by atoms with van der Waals surface area (Å²) in [6.45, 7) is 0. The number of fused-ring (bicyclic) bond motifs is 1. The summed E-state index contributed by atoms with van der Waals surface area (Å²) >= 11 is 7.65. The summed E-state index contributed by atoms with van der Waals surface area (Å²) in [4.78, 5) is 11.1. The van der Waals surface area contributed by atoms with Gasteiger partial charge in [0, 0.05) is 25.3 Å². The molecule has 96 valence electrons. The lowest BCUT2D eigenvalue weighted by Crippen LogP contribution is -2.11. The quantitative estimate of drug-likeness (QED) is 0.712. The number of hydrogen-bond donors (Lipinski definition) is 0. The van der Waals surface area contributed by atoms with Crippen LogP contribution < -0.4 is 4.90 Å². The monoisotopic (exact) mass is 289 g/mol. The number of rotatable bonds is 2. The summed E-state index contributed by atoms with van der Waals surface area (Å²) in [5.41, 5.74) is 2.02. The molecule has 3 nitrogen and oxygen atoms in total. The summed E-state index contributed by atoms with van der Waals surface area (Å²) in [5.74, 6) is 0.924. The highest BCUT2D eigenvalue weighted by molar-refractivity contribution is 7.21. The second-order valence-corrected chi connectivity index (χ2v) is 5.87. The number of halogens is 1. The number of aromatic nitrogens is 2. The maximum absolute atomic E-state index is 6.01. The van der Waals surface area contributed by atoms with E-state index in [9.17, 15) is 0 Å². The molecule has 0 atom stereocenters. The highest BCUT2D eigenvalue weighted by Gasteiger charge is 2.12. The molecule has 19 heavy (non-hydrogen) atoms. The van der Waals surface area contributed by atoms with Crippen molar-refractivity contribution in [1.82, 2.24) is 9.97 Å². The van der Waals surface area contributed by atoms with Gasteiger partial charge in [-0.1, -0.05) is 11.6 Å². The number of pyridine rings is 1. The molecule has 0 saturated heterocycles. The third-order valence-corrected chi connectivity index (χ3v) is 4.08. The van der Waals surface area contributed by atoms with Crippen molar-refractivity contribution in [3.63, 3.8) is 0 Å². The van der Waals surface area contributed by atoms with Gasteiger partial charge in [-0.05, 0) is 30.3 Å². The fourth-order valence-electron chi connectivity index (χ4n) is 1.93. The van der Waals surface area contributed by atoms with Crippen LogP contribution in [0.2, 0.25) is 5.02 Å². The number of nitrogens with zero attached hydrogens (tertiary/aromatic N) is 3. The Balaban J connectivity index is 2.19. The van der Waals surface area contributed by atoms with Gasteiger partial charge in [-0.25, -0.2) is 9.97 Å². The fraction of sp³-hybridized carbons (Fsp3) is 0.143. The van der Waals surface area contributed by atoms with E-state index in [1.807, 2.05) is 49.3 Å². The molecule has 0 aliphatic carbocycles. The van der Waals surface area contributed by atoms with E-state index in [4.69, 9.17) is 11.6 Å². The molecule has 0 spiro atoms. The molecule has 0 fully saturated rings. The van der Waals surface area contributed by atoms with E-state index in [0.717, 1.165) is 31.6 Å². The van der Waals surface area contributed by atoms with Crippen molar-refractivity contribution in [2.45, 2.75) is 0 Å². The van der Waals surface area contributed by atoms with Crippen LogP contribution in [0.3, 0.4) is 0 Å². The summed E-state index contributed by atoms with van der Waals surface area (Å²) in [5, 5.41) is 1.70. The lowest BCUT2D eigenvalue weighted by Gasteiger charge is -2.13. The first-order chi connectivity index (χ1) is 9.15. The van der Waals surface area contributed by atoms with Crippen LogP contribution in [0.25, 0.3) is 20.8 Å². The van der Waals surface area contributed by atoms with Gasteiger partial charge in [-0.3, -0.25) is 0 Å². The minimum Gasteiger partial charge on any atom is -0.362 e. The molecule has 2 aromatic heterocycles. The molecule has 3 aromatic rings. The Morgan fingerprint density at radius 2 is 2.05 bits per heavy atom. The largest absolute Gasteiger partial charge is 0.362 e. The Kier molecular flexibility index (Phi) is 3.12. The van der Waals surface area contributed by atoms with Gasteiger partial charge in [-0.2, -0.15) is 0 Å². The Morgan fingerprint density at radius 3 is 2.84 bits per heavy atom. The van der Waals surface area contributed by atoms with Crippen molar-refractivity contribution in [2.24, 2.45) is 0 Å². The van der Waals surface area contributed by atoms with Crippen LogP contribution in [0.4, 0.5) is 5.82 Å². The summed E-state index contributed by atoms with van der Waals surface area (Å²) in [6, 6.07) is 9.74. The summed E-state index contributed by atoms with van der Waals surface area (Å²) < 4.78 is 1.09. The van der Waals surface area contributed by atoms with E-state index >= 15 is 0 Å². The van der Waals surface area contributed by atoms with Crippen LogP contribution in [0.5, 0.6) is 0 Å². The molecule has 0 aliphatic rings. The first-order valence-corrected chi connectivity index (χ1v) is 7.03. The average Bonchev–Trinajstić information content (AvgIpc) is 2.81. The van der Waals surface area contributed by atoms with Crippen LogP contribution >= 0.6 is 22.9 Å². The van der Waals surface area contributed by atoms with Gasteiger partial charge < -0.3 is 4.90 Å². The van der Waals surface area contributed by atoms with Crippen LogP contribution in [-0.4, -0.2) is 24.1 Å². The van der Waals surface area contributed by atoms with Gasteiger partial charge in [0.05, 0.1) is 15.8 Å². The van der Waals surface area contributed by atoms with Crippen molar-refractivity contribution in [2.75, 3.05) is 19.0 Å². The molecule has 2 heterocycles. The molecule has 0 bridgehead atoms. The van der Waals surface area contributed by atoms with Gasteiger partial charge in [0.15, 0.2) is 0 Å². The maximum Gasteiger partial charge on any atom is 0.138 e. The fourth-order valence-corrected chi connectivity index (χ4v) is 3.20. The molecule has 0 aliphatic heterocycles. The maximum atomic E-state index is 6.01. The van der Waals surface area contributed by atoms with E-state index in [1.54, 1.807) is 17.5 Å². The molecule has 5 heteroatoms. The zero-order chi connectivity index (χ0) is 13.4. The zero-order valence-corrected chi connectivity index (χ0v) is 12.2. The standard InChI is InChI=1S/C14H12ClN3S/c1-18(2)13-10(4-3-7-16-13)14-17-11-6-5-9(15)8-12(11)19-14/h3-8H,1-2H3. The highest BCUT2D eigenvalue weighted by atomic mass is 35.5. The van der Waals surface area contributed by atoms with Crippen molar-refractivity contribution in [1.29, 1.82) is 0 Å². The number of hydrogen-bond acceptors (Lipinski definition) is 4. The average molecular weight is 290 g/mol. The van der Waals surface area contributed by atoms with Crippen molar-refractivity contribution in [3.05, 3.63) is 41.6 Å². The van der Waals surface area contributed by atoms with E-state index in [2.05, 4.69) is 9.97 Å². The first kappa shape index (κ1) is 12.4. The molecule has 0 radical (unpaired) electrons. The normalized spacial score (nSPS) is 10.9. The van der Waals surface area contributed by atoms with Crippen molar-refractivity contribution >= 4 is 39.0 Å². The second-order valence-electron chi connectivity index (χ2n) is 4.40. The molecule has 0 saturated carbocycles. The Morgan fingerprint density at radius 1 is 1.21 bits per heavy atom. The predicted molar refractivity (Wildman–Crippen MR) is 82.2 cm³/mol. The van der Waals surface area contributed by atoms with Gasteiger partial charge in [0.2, 0.25) is 0 Å². The van der Waals surface area contributed by atoms with Crippen LogP contribution in [-0.2, 0) is 0 Å². The van der Waals surface area contributed by atoms with Crippen molar-refractivity contribution < 1.29 is 0 Å². The van der Waals surface area contributed by atoms with E-state index in [-0.39, 0.29) is 0 Å². The van der Waals surface area contributed by atoms with Gasteiger partial charge in [0.1, 0.15) is 10.8 Å². The number of benzene rings is 1. The van der Waals surface area contributed by atoms with Crippen molar-refractivity contribution in [3.8, 4) is 10.6 Å². The highest BCUT2D eigenvalue weighted by Crippen LogP contribution is 2.35. The Bertz CT molecular complexity index is 736. The topological polar surface area (TPSA) is 29.0 Å². The molecular weight excluding hydrogens is 278 g/mol. The lowest BCUT2D eigenvalue weighted by atomic mass is 10.2. The first-order valence-electron chi connectivity index (χ1n) is 5.84. The third kappa shape index (κ3) is 2.29. The van der Waals surface area contributed by atoms with Crippen LogP contribution in [0.1, 0.15) is 0 Å². The SMILES string of the molecule is CN(C)c1ncccc1-c1nc2ccc(Cl)cc2s1. The molecule has 0 unspecified atom stereocenters. The molecule has 0 amide bonds. The van der Waals surface area contributed by atoms with Crippen LogP contribution in [0.15, 0.2) is 36.5 Å². The Hall–Kier alpha value is -1.65. The van der Waals surface area contributed by atoms with E-state index < -0.39 is 0 Å². The lowest BCUT2D eigenvalue weighted by molar-refractivity contribution is 1.07. The minimum absolute atomic E-state index is 0.738. The van der Waals surface area contributed by atoms with Gasteiger partial charge in [0.25, 0.3) is 0 Å². The Labute approximate surface area is 120 Å². The van der Waals surface area contributed by atoms with Crippen LogP contribution in [0, 0.1) is 0 Å². The summed E-state index contributed by atoms with van der Waals surface area (Å²) in [6.07, 6.45) is 1.79. The zero-order valence-electron chi connectivity index (χ0n) is 10.6. The van der Waals surface area contributed by atoms with Gasteiger partial charge in [-0.15, -0.1) is 11.3 Å². The summed E-state index contributed by atoms with van der Waals surface area (Å²) in [7, 11) is 3.96. The number of anilines is 1. The smallest absolute Gasteiger partial charge is 0.138 e. The predicted octanol–water partition coefficient (Wildman–Crippen LogP) is 4.08. The van der Waals surface area contributed by atoms with Gasteiger partial charge >= 0.3 is 0 Å². The molecular formula is C14H12ClN3S. The van der Waals surface area contributed by atoms with E-state index in [0.29, 0.717) is 0 Å².